The molecule has 0 saturated heterocycles. The molecular formula is C26H33NO6. The van der Waals surface area contributed by atoms with Crippen molar-refractivity contribution in [2.45, 2.75) is 60.5 Å². The van der Waals surface area contributed by atoms with Gasteiger partial charge in [-0.15, -0.1) is 0 Å². The third-order valence-electron chi connectivity index (χ3n) is 4.92. The maximum Gasteiger partial charge on any atom is 0.336 e. The van der Waals surface area contributed by atoms with Crippen LogP contribution in [0.15, 0.2) is 52.9 Å². The second kappa shape index (κ2) is 11.0. The Morgan fingerprint density at radius 2 is 1.45 bits per heavy atom. The molecule has 0 amide bonds. The first-order valence-electron chi connectivity index (χ1n) is 11.0. The highest BCUT2D eigenvalue weighted by Gasteiger charge is 2.32. The highest BCUT2D eigenvalue weighted by atomic mass is 16.6. The van der Waals surface area contributed by atoms with Crippen molar-refractivity contribution in [1.82, 2.24) is 0 Å². The molecule has 1 aliphatic rings. The van der Waals surface area contributed by atoms with Crippen molar-refractivity contribution in [2.24, 2.45) is 0 Å². The monoisotopic (exact) mass is 455 g/mol. The fraction of sp³-hybridized carbons (Fsp3) is 0.423. The second-order valence-corrected chi connectivity index (χ2v) is 8.51. The summed E-state index contributed by atoms with van der Waals surface area (Å²) in [6.45, 7) is 12.9. The van der Waals surface area contributed by atoms with Crippen molar-refractivity contribution in [3.63, 3.8) is 0 Å². The van der Waals surface area contributed by atoms with Crippen molar-refractivity contribution >= 4 is 29.7 Å². The predicted molar refractivity (Wildman–Crippen MR) is 127 cm³/mol. The number of benzene rings is 1. The van der Waals surface area contributed by atoms with Gasteiger partial charge in [-0.25, -0.2) is 14.4 Å². The minimum absolute atomic E-state index is 0.127. The van der Waals surface area contributed by atoms with E-state index in [-0.39, 0.29) is 19.6 Å². The molecular weight excluding hydrogens is 422 g/mol. The molecule has 7 heteroatoms. The molecule has 0 aliphatic carbocycles. The summed E-state index contributed by atoms with van der Waals surface area (Å²) >= 11 is 0. The van der Waals surface area contributed by atoms with Crippen LogP contribution < -0.4 is 4.90 Å². The molecule has 1 aromatic carbocycles. The molecule has 7 nitrogen and oxygen atoms in total. The van der Waals surface area contributed by atoms with E-state index in [2.05, 4.69) is 0 Å². The number of esters is 3. The molecule has 0 spiro atoms. The number of ether oxygens (including phenoxy) is 3. The lowest BCUT2D eigenvalue weighted by atomic mass is 9.95. The number of carbonyl (C=O) groups excluding carboxylic acids is 3. The molecule has 2 rings (SSSR count). The van der Waals surface area contributed by atoms with Gasteiger partial charge in [-0.3, -0.25) is 0 Å². The normalized spacial score (nSPS) is 14.6. The van der Waals surface area contributed by atoms with Gasteiger partial charge in [0.15, 0.2) is 0 Å². The minimum Gasteiger partial charge on any atom is -0.463 e. The molecule has 0 radical (unpaired) electrons. The molecule has 178 valence electrons. The van der Waals surface area contributed by atoms with Gasteiger partial charge in [-0.05, 0) is 66.2 Å². The summed E-state index contributed by atoms with van der Waals surface area (Å²) in [6.07, 6.45) is 3.15. The topological polar surface area (TPSA) is 82.1 Å². The molecule has 0 atom stereocenters. The van der Waals surface area contributed by atoms with Gasteiger partial charge in [-0.1, -0.05) is 18.2 Å². The Morgan fingerprint density at radius 3 is 1.94 bits per heavy atom. The summed E-state index contributed by atoms with van der Waals surface area (Å²) in [6, 6.07) is 7.40. The Hall–Kier alpha value is -3.35. The zero-order chi connectivity index (χ0) is 24.8. The third-order valence-corrected chi connectivity index (χ3v) is 4.92. The Morgan fingerprint density at radius 1 is 0.939 bits per heavy atom. The number of hydrogen-bond acceptors (Lipinski definition) is 7. The number of hydrogen-bond donors (Lipinski definition) is 0. The number of anilines is 1. The summed E-state index contributed by atoms with van der Waals surface area (Å²) < 4.78 is 15.8. The smallest absolute Gasteiger partial charge is 0.336 e. The van der Waals surface area contributed by atoms with Crippen molar-refractivity contribution in [1.29, 1.82) is 0 Å². The van der Waals surface area contributed by atoms with Gasteiger partial charge in [0.1, 0.15) is 5.60 Å². The Balaban J connectivity index is 2.58. The largest absolute Gasteiger partial charge is 0.463 e. The van der Waals surface area contributed by atoms with Gasteiger partial charge in [0.25, 0.3) is 0 Å². The molecule has 1 aromatic rings. The molecule has 0 bridgehead atoms. The van der Waals surface area contributed by atoms with E-state index in [0.717, 1.165) is 5.56 Å². The van der Waals surface area contributed by atoms with E-state index in [4.69, 9.17) is 14.2 Å². The molecule has 1 aliphatic heterocycles. The van der Waals surface area contributed by atoms with Gasteiger partial charge < -0.3 is 19.1 Å². The number of nitrogens with zero attached hydrogens (tertiary/aromatic N) is 1. The Labute approximate surface area is 195 Å². The van der Waals surface area contributed by atoms with Crippen LogP contribution in [0.3, 0.4) is 0 Å². The molecule has 33 heavy (non-hydrogen) atoms. The second-order valence-electron chi connectivity index (χ2n) is 8.51. The first-order chi connectivity index (χ1) is 15.5. The lowest BCUT2D eigenvalue weighted by Crippen LogP contribution is -2.31. The van der Waals surface area contributed by atoms with Gasteiger partial charge in [-0.2, -0.15) is 0 Å². The molecule has 1 heterocycles. The van der Waals surface area contributed by atoms with Crippen LogP contribution in [-0.2, 0) is 28.6 Å². The van der Waals surface area contributed by atoms with E-state index < -0.39 is 23.5 Å². The zero-order valence-corrected chi connectivity index (χ0v) is 20.5. The summed E-state index contributed by atoms with van der Waals surface area (Å²) in [5.74, 6) is -1.41. The van der Waals surface area contributed by atoms with E-state index in [1.54, 1.807) is 40.7 Å². The number of para-hydroxylation sites is 1. The van der Waals surface area contributed by atoms with Crippen LogP contribution >= 0.6 is 0 Å². The van der Waals surface area contributed by atoms with Crippen molar-refractivity contribution < 1.29 is 28.6 Å². The van der Waals surface area contributed by atoms with E-state index in [1.165, 1.54) is 6.08 Å². The SMILES string of the molecule is CCOC(=O)C1=C(C)N(c2ccccc2C=CC(=O)OC(C)(C)C)C(C)=C(C(=O)OCC)C1. The van der Waals surface area contributed by atoms with Gasteiger partial charge in [0, 0.05) is 23.9 Å². The average molecular weight is 456 g/mol. The highest BCUT2D eigenvalue weighted by molar-refractivity contribution is 5.99. The fourth-order valence-electron chi connectivity index (χ4n) is 3.52. The first kappa shape index (κ1) is 25.9. The van der Waals surface area contributed by atoms with Gasteiger partial charge >= 0.3 is 17.9 Å². The minimum atomic E-state index is -0.602. The summed E-state index contributed by atoms with van der Waals surface area (Å²) in [7, 11) is 0. The van der Waals surface area contributed by atoms with Crippen molar-refractivity contribution in [3.8, 4) is 0 Å². The molecule has 0 unspecified atom stereocenters. The molecule has 0 N–H and O–H groups in total. The molecule has 0 fully saturated rings. The van der Waals surface area contributed by atoms with E-state index in [0.29, 0.717) is 28.2 Å². The van der Waals surface area contributed by atoms with E-state index in [9.17, 15) is 14.4 Å². The van der Waals surface area contributed by atoms with Gasteiger partial charge in [0.2, 0.25) is 0 Å². The standard InChI is InChI=1S/C26H33NO6/c1-8-31-24(29)20-16-21(25(30)32-9-2)18(4)27(17(20)3)22-13-11-10-12-19(22)14-15-23(28)33-26(5,6)7/h10-15H,8-9,16H2,1-7H3. The number of carbonyl (C=O) groups is 3. The predicted octanol–water partition coefficient (Wildman–Crippen LogP) is 4.93. The molecule has 0 saturated carbocycles. The number of allylic oxidation sites excluding steroid dienone is 2. The lowest BCUT2D eigenvalue weighted by Gasteiger charge is -2.34. The van der Waals surface area contributed by atoms with Crippen molar-refractivity contribution in [2.75, 3.05) is 18.1 Å². The highest BCUT2D eigenvalue weighted by Crippen LogP contribution is 2.37. The van der Waals surface area contributed by atoms with Crippen LogP contribution in [0.1, 0.15) is 60.5 Å². The summed E-state index contributed by atoms with van der Waals surface area (Å²) in [5.41, 5.74) is 2.89. The maximum absolute atomic E-state index is 12.7. The van der Waals surface area contributed by atoms with E-state index in [1.807, 2.05) is 43.0 Å². The number of rotatable bonds is 7. The quantitative estimate of drug-likeness (QED) is 0.328. The van der Waals surface area contributed by atoms with Gasteiger partial charge in [0.05, 0.1) is 30.0 Å². The Kier molecular flexibility index (Phi) is 8.63. The van der Waals surface area contributed by atoms with E-state index >= 15 is 0 Å². The summed E-state index contributed by atoms with van der Waals surface area (Å²) in [5, 5.41) is 0. The summed E-state index contributed by atoms with van der Waals surface area (Å²) in [4.78, 5) is 39.4. The average Bonchev–Trinajstić information content (AvgIpc) is 2.72. The van der Waals surface area contributed by atoms with Crippen LogP contribution in [0.5, 0.6) is 0 Å². The van der Waals surface area contributed by atoms with Crippen LogP contribution in [-0.4, -0.2) is 36.7 Å². The van der Waals surface area contributed by atoms with Crippen molar-refractivity contribution in [3.05, 3.63) is 58.4 Å². The fourth-order valence-corrected chi connectivity index (χ4v) is 3.52. The third kappa shape index (κ3) is 6.57. The van der Waals surface area contributed by atoms with Crippen LogP contribution in [0.4, 0.5) is 5.69 Å². The zero-order valence-electron chi connectivity index (χ0n) is 20.5. The Bertz CT molecular complexity index is 970. The van der Waals surface area contributed by atoms with Crippen LogP contribution in [0, 0.1) is 0 Å². The van der Waals surface area contributed by atoms with Crippen LogP contribution in [0.25, 0.3) is 6.08 Å². The van der Waals surface area contributed by atoms with Crippen LogP contribution in [0.2, 0.25) is 0 Å². The lowest BCUT2D eigenvalue weighted by molar-refractivity contribution is -0.148. The first-order valence-corrected chi connectivity index (χ1v) is 11.0. The molecule has 0 aromatic heterocycles. The maximum atomic E-state index is 12.7.